The van der Waals surface area contributed by atoms with E-state index in [0.717, 1.165) is 5.56 Å². The maximum Gasteiger partial charge on any atom is 0.291 e. The summed E-state index contributed by atoms with van der Waals surface area (Å²) in [6.45, 7) is 0. The summed E-state index contributed by atoms with van der Waals surface area (Å²) < 4.78 is 14.8. The molecule has 2 aromatic carbocycles. The Morgan fingerprint density at radius 2 is 1.80 bits per heavy atom. The van der Waals surface area contributed by atoms with Gasteiger partial charge in [0.15, 0.2) is 5.82 Å². The van der Waals surface area contributed by atoms with Gasteiger partial charge in [-0.1, -0.05) is 53.8 Å². The molecule has 0 aliphatic heterocycles. The third-order valence-electron chi connectivity index (χ3n) is 3.62. The van der Waals surface area contributed by atoms with Gasteiger partial charge in [0, 0.05) is 5.56 Å². The van der Waals surface area contributed by atoms with E-state index < -0.39 is 0 Å². The van der Waals surface area contributed by atoms with Crippen molar-refractivity contribution in [2.75, 3.05) is 0 Å². The molecule has 4 nitrogen and oxygen atoms in total. The Kier molecular flexibility index (Phi) is 3.95. The van der Waals surface area contributed by atoms with E-state index >= 15 is 0 Å². The summed E-state index contributed by atoms with van der Waals surface area (Å²) in [6, 6.07) is 15.7. The molecule has 2 aromatic heterocycles. The minimum absolute atomic E-state index is 0.210. The van der Waals surface area contributed by atoms with Crippen LogP contribution in [0.3, 0.4) is 0 Å². The largest absolute Gasteiger partial charge is 0.291 e. The highest BCUT2D eigenvalue weighted by Gasteiger charge is 2.11. The van der Waals surface area contributed by atoms with Crippen LogP contribution in [-0.2, 0) is 0 Å². The number of aromatic nitrogens is 3. The van der Waals surface area contributed by atoms with Gasteiger partial charge in [0.25, 0.3) is 5.56 Å². The zero-order chi connectivity index (χ0) is 17.2. The lowest BCUT2D eigenvalue weighted by molar-refractivity contribution is 0.628. The fourth-order valence-electron chi connectivity index (χ4n) is 2.38. The normalized spacial score (nSPS) is 12.4. The summed E-state index contributed by atoms with van der Waals surface area (Å²) in [5.41, 5.74) is 1.52. The van der Waals surface area contributed by atoms with Crippen LogP contribution in [0.5, 0.6) is 0 Å². The van der Waals surface area contributed by atoms with Gasteiger partial charge in [0.1, 0.15) is 5.82 Å². The lowest BCUT2D eigenvalue weighted by Crippen LogP contribution is -2.23. The maximum absolute atomic E-state index is 13.0. The predicted octanol–water partition coefficient (Wildman–Crippen LogP) is 3.17. The van der Waals surface area contributed by atoms with Crippen molar-refractivity contribution in [2.24, 2.45) is 0 Å². The Labute approximate surface area is 146 Å². The molecular formula is C19H12FN3OS. The number of allylic oxidation sites excluding steroid dienone is 1. The number of thiazole rings is 1. The van der Waals surface area contributed by atoms with E-state index in [1.807, 2.05) is 42.5 Å². The highest BCUT2D eigenvalue weighted by atomic mass is 32.1. The molecule has 0 bridgehead atoms. The van der Waals surface area contributed by atoms with Crippen molar-refractivity contribution < 1.29 is 4.39 Å². The van der Waals surface area contributed by atoms with Crippen LogP contribution in [0.2, 0.25) is 0 Å². The maximum atomic E-state index is 13.0. The van der Waals surface area contributed by atoms with Gasteiger partial charge in [-0.3, -0.25) is 4.79 Å². The molecule has 0 spiro atoms. The monoisotopic (exact) mass is 349 g/mol. The second kappa shape index (κ2) is 6.41. The van der Waals surface area contributed by atoms with Crippen molar-refractivity contribution in [3.63, 3.8) is 0 Å². The molecule has 0 atom stereocenters. The Hall–Kier alpha value is -3.12. The fraction of sp³-hybridized carbons (Fsp3) is 0. The SMILES string of the molecule is O=c1c(=CC=Cc2ccccc2)sc2nc(-c3ccc(F)cc3)nn12. The van der Waals surface area contributed by atoms with Crippen molar-refractivity contribution in [1.82, 2.24) is 14.6 Å². The molecule has 0 fully saturated rings. The van der Waals surface area contributed by atoms with E-state index in [2.05, 4.69) is 10.1 Å². The molecule has 6 heteroatoms. The molecule has 122 valence electrons. The van der Waals surface area contributed by atoms with Gasteiger partial charge in [0.2, 0.25) is 4.96 Å². The van der Waals surface area contributed by atoms with Crippen molar-refractivity contribution in [1.29, 1.82) is 0 Å². The number of hydrogen-bond acceptors (Lipinski definition) is 4. The zero-order valence-electron chi connectivity index (χ0n) is 13.0. The van der Waals surface area contributed by atoms with E-state index in [4.69, 9.17) is 0 Å². The number of halogens is 1. The molecule has 0 N–H and O–H groups in total. The van der Waals surface area contributed by atoms with Gasteiger partial charge in [-0.2, -0.15) is 9.50 Å². The molecular weight excluding hydrogens is 337 g/mol. The van der Waals surface area contributed by atoms with Crippen LogP contribution < -0.4 is 10.1 Å². The van der Waals surface area contributed by atoms with Crippen molar-refractivity contribution in [3.8, 4) is 11.4 Å². The minimum atomic E-state index is -0.323. The first-order valence-electron chi connectivity index (χ1n) is 7.60. The van der Waals surface area contributed by atoms with E-state index in [1.165, 1.54) is 28.0 Å². The Morgan fingerprint density at radius 1 is 1.04 bits per heavy atom. The average Bonchev–Trinajstić information content (AvgIpc) is 3.17. The van der Waals surface area contributed by atoms with Gasteiger partial charge < -0.3 is 0 Å². The summed E-state index contributed by atoms with van der Waals surface area (Å²) in [5, 5.41) is 4.24. The lowest BCUT2D eigenvalue weighted by atomic mass is 10.2. The fourth-order valence-corrected chi connectivity index (χ4v) is 3.24. The quantitative estimate of drug-likeness (QED) is 0.571. The van der Waals surface area contributed by atoms with Crippen LogP contribution in [0.15, 0.2) is 65.5 Å². The third-order valence-corrected chi connectivity index (χ3v) is 4.60. The number of fused-ring (bicyclic) bond motifs is 1. The van der Waals surface area contributed by atoms with Gasteiger partial charge in [-0.05, 0) is 35.9 Å². The highest BCUT2D eigenvalue weighted by Crippen LogP contribution is 2.16. The second-order valence-electron chi connectivity index (χ2n) is 5.34. The second-order valence-corrected chi connectivity index (χ2v) is 6.35. The lowest BCUT2D eigenvalue weighted by Gasteiger charge is -1.93. The van der Waals surface area contributed by atoms with Gasteiger partial charge in [-0.25, -0.2) is 4.39 Å². The van der Waals surface area contributed by atoms with Crippen LogP contribution in [0, 0.1) is 5.82 Å². The van der Waals surface area contributed by atoms with E-state index in [0.29, 0.717) is 20.9 Å². The molecule has 0 saturated carbocycles. The first-order chi connectivity index (χ1) is 12.2. The number of rotatable bonds is 3. The standard InChI is InChI=1S/C19H12FN3OS/c20-15-11-9-14(10-12-15)17-21-19-23(22-17)18(24)16(25-19)8-4-7-13-5-2-1-3-6-13/h1-12H. The summed E-state index contributed by atoms with van der Waals surface area (Å²) in [6.07, 6.45) is 5.52. The number of hydrogen-bond donors (Lipinski definition) is 0. The molecule has 0 radical (unpaired) electrons. The molecule has 25 heavy (non-hydrogen) atoms. The summed E-state index contributed by atoms with van der Waals surface area (Å²) >= 11 is 1.27. The van der Waals surface area contributed by atoms with Crippen molar-refractivity contribution in [3.05, 3.63) is 86.9 Å². The molecule has 4 aromatic rings. The number of benzene rings is 2. The highest BCUT2D eigenvalue weighted by molar-refractivity contribution is 7.15. The molecule has 0 amide bonds. The molecule has 0 aliphatic carbocycles. The van der Waals surface area contributed by atoms with Crippen LogP contribution in [-0.4, -0.2) is 14.6 Å². The molecule has 0 unspecified atom stereocenters. The van der Waals surface area contributed by atoms with E-state index in [9.17, 15) is 9.18 Å². The van der Waals surface area contributed by atoms with Crippen LogP contribution in [0.4, 0.5) is 4.39 Å². The smallest absolute Gasteiger partial charge is 0.266 e. The average molecular weight is 349 g/mol. The van der Waals surface area contributed by atoms with Gasteiger partial charge in [-0.15, -0.1) is 5.10 Å². The van der Waals surface area contributed by atoms with Crippen molar-refractivity contribution in [2.45, 2.75) is 0 Å². The molecule has 0 aliphatic rings. The van der Waals surface area contributed by atoms with E-state index in [-0.39, 0.29) is 11.4 Å². The topological polar surface area (TPSA) is 47.3 Å². The van der Waals surface area contributed by atoms with Gasteiger partial charge >= 0.3 is 0 Å². The van der Waals surface area contributed by atoms with Crippen molar-refractivity contribution >= 4 is 28.4 Å². The summed E-state index contributed by atoms with van der Waals surface area (Å²) in [7, 11) is 0. The predicted molar refractivity (Wildman–Crippen MR) is 97.7 cm³/mol. The molecule has 2 heterocycles. The molecule has 4 rings (SSSR count). The zero-order valence-corrected chi connectivity index (χ0v) is 13.8. The summed E-state index contributed by atoms with van der Waals surface area (Å²) in [4.78, 5) is 17.3. The Morgan fingerprint density at radius 3 is 2.52 bits per heavy atom. The first kappa shape index (κ1) is 15.4. The Balaban J connectivity index is 1.68. The van der Waals surface area contributed by atoms with Crippen LogP contribution in [0.25, 0.3) is 28.5 Å². The number of nitrogens with zero attached hydrogens (tertiary/aromatic N) is 3. The minimum Gasteiger partial charge on any atom is -0.266 e. The van der Waals surface area contributed by atoms with Crippen LogP contribution >= 0.6 is 11.3 Å². The first-order valence-corrected chi connectivity index (χ1v) is 8.41. The van der Waals surface area contributed by atoms with Crippen LogP contribution in [0.1, 0.15) is 5.56 Å². The molecule has 0 saturated heterocycles. The Bertz CT molecular complexity index is 1160. The summed E-state index contributed by atoms with van der Waals surface area (Å²) in [5.74, 6) is 0.0890. The van der Waals surface area contributed by atoms with E-state index in [1.54, 1.807) is 18.2 Å². The van der Waals surface area contributed by atoms with Gasteiger partial charge in [0.05, 0.1) is 4.53 Å². The third kappa shape index (κ3) is 3.12.